The molecule has 1 saturated heterocycles. The lowest BCUT2D eigenvalue weighted by Gasteiger charge is -2.16. The molecule has 1 aliphatic heterocycles. The van der Waals surface area contributed by atoms with Gasteiger partial charge < -0.3 is 5.32 Å². The number of likely N-dealkylation sites (tertiary alicyclic amines) is 1. The Bertz CT molecular complexity index is 1550. The zero-order valence-corrected chi connectivity index (χ0v) is 22.7. The van der Waals surface area contributed by atoms with Gasteiger partial charge in [0.15, 0.2) is 0 Å². The molecule has 1 saturated carbocycles. The van der Waals surface area contributed by atoms with Crippen LogP contribution >= 0.6 is 0 Å². The Hall–Kier alpha value is -4.09. The van der Waals surface area contributed by atoms with E-state index in [2.05, 4.69) is 62.7 Å². The number of pyridine rings is 2. The highest BCUT2D eigenvalue weighted by molar-refractivity contribution is 6.25. The van der Waals surface area contributed by atoms with E-state index in [0.29, 0.717) is 17.5 Å². The van der Waals surface area contributed by atoms with Crippen molar-refractivity contribution in [3.63, 3.8) is 0 Å². The van der Waals surface area contributed by atoms with Gasteiger partial charge in [0, 0.05) is 42.2 Å². The number of aromatic nitrogens is 2. The lowest BCUT2D eigenvalue weighted by Crippen LogP contribution is -2.18. The van der Waals surface area contributed by atoms with Crippen LogP contribution in [0, 0.1) is 5.92 Å². The first-order chi connectivity index (χ1) is 19.7. The van der Waals surface area contributed by atoms with Crippen molar-refractivity contribution in [2.75, 3.05) is 18.4 Å². The molecule has 1 N–H and O–H groups in total. The molecule has 0 spiro atoms. The van der Waals surface area contributed by atoms with Crippen molar-refractivity contribution in [3.05, 3.63) is 119 Å². The molecule has 3 aliphatic rings. The molecule has 0 bridgehead atoms. The Labute approximate surface area is 236 Å². The van der Waals surface area contributed by atoms with Crippen LogP contribution in [0.2, 0.25) is 0 Å². The summed E-state index contributed by atoms with van der Waals surface area (Å²) in [6.07, 6.45) is 13.3. The monoisotopic (exact) mass is 526 g/mol. The number of carbonyl (C=O) groups excluding carboxylic acids is 1. The summed E-state index contributed by atoms with van der Waals surface area (Å²) in [5, 5.41) is 3.12. The number of anilines is 1. The van der Waals surface area contributed by atoms with Crippen molar-refractivity contribution >= 4 is 17.2 Å². The number of hydrogen-bond donors (Lipinski definition) is 1. The quantitative estimate of drug-likeness (QED) is 0.286. The summed E-state index contributed by atoms with van der Waals surface area (Å²) >= 11 is 0. The van der Waals surface area contributed by atoms with Gasteiger partial charge in [-0.15, -0.1) is 0 Å². The molecule has 1 amide bonds. The van der Waals surface area contributed by atoms with Crippen molar-refractivity contribution in [3.8, 4) is 11.1 Å². The Morgan fingerprint density at radius 1 is 0.900 bits per heavy atom. The van der Waals surface area contributed by atoms with Gasteiger partial charge >= 0.3 is 0 Å². The number of allylic oxidation sites excluding steroid dienone is 1. The number of nitrogens with zero attached hydrogens (tertiary/aromatic N) is 3. The Kier molecular flexibility index (Phi) is 6.74. The maximum Gasteiger partial charge on any atom is 0.255 e. The van der Waals surface area contributed by atoms with Gasteiger partial charge in [0.1, 0.15) is 0 Å². The first kappa shape index (κ1) is 24.9. The van der Waals surface area contributed by atoms with E-state index in [0.717, 1.165) is 47.3 Å². The van der Waals surface area contributed by atoms with Crippen LogP contribution in [0.4, 0.5) is 5.69 Å². The second-order valence-electron chi connectivity index (χ2n) is 11.5. The third-order valence-electron chi connectivity index (χ3n) is 8.58. The molecule has 2 atom stereocenters. The van der Waals surface area contributed by atoms with Gasteiger partial charge in [-0.05, 0) is 103 Å². The predicted molar refractivity (Wildman–Crippen MR) is 160 cm³/mol. The predicted octanol–water partition coefficient (Wildman–Crippen LogP) is 6.86. The Morgan fingerprint density at radius 3 is 2.60 bits per heavy atom. The fourth-order valence-corrected chi connectivity index (χ4v) is 6.31. The maximum atomic E-state index is 13.7. The lowest BCUT2D eigenvalue weighted by molar-refractivity contribution is -0.111. The van der Waals surface area contributed by atoms with Gasteiger partial charge in [-0.25, -0.2) is 0 Å². The van der Waals surface area contributed by atoms with E-state index in [-0.39, 0.29) is 5.91 Å². The fourth-order valence-electron chi connectivity index (χ4n) is 6.31. The molecule has 40 heavy (non-hydrogen) atoms. The summed E-state index contributed by atoms with van der Waals surface area (Å²) in [4.78, 5) is 25.3. The number of fused-ring (bicyclic) bond motifs is 3. The molecule has 5 heteroatoms. The van der Waals surface area contributed by atoms with E-state index in [4.69, 9.17) is 0 Å². The molecule has 0 radical (unpaired) electrons. The number of carbonyl (C=O) groups is 1. The molecule has 2 aliphatic carbocycles. The molecule has 3 heterocycles. The SMILES string of the molecule is O=C(Nc1ccc(Cc2ccccc2)nc1)C1=CCC2C[C@H]2c2ccc(-c3cncc(CN4CCCC4)c3)cc21. The molecular weight excluding hydrogens is 492 g/mol. The van der Waals surface area contributed by atoms with E-state index in [1.165, 1.54) is 49.0 Å². The number of rotatable bonds is 7. The van der Waals surface area contributed by atoms with Gasteiger partial charge in [-0.3, -0.25) is 19.7 Å². The minimum absolute atomic E-state index is 0.0711. The highest BCUT2D eigenvalue weighted by Crippen LogP contribution is 2.54. The number of nitrogens with one attached hydrogen (secondary N) is 1. The largest absolute Gasteiger partial charge is 0.321 e. The van der Waals surface area contributed by atoms with Gasteiger partial charge in [0.2, 0.25) is 0 Å². The van der Waals surface area contributed by atoms with Crippen molar-refractivity contribution in [1.29, 1.82) is 0 Å². The van der Waals surface area contributed by atoms with Crippen LogP contribution in [0.25, 0.3) is 16.7 Å². The van der Waals surface area contributed by atoms with Crippen LogP contribution in [-0.4, -0.2) is 33.9 Å². The normalized spacial score (nSPS) is 19.8. The number of benzene rings is 2. The number of amides is 1. The minimum atomic E-state index is -0.0711. The summed E-state index contributed by atoms with van der Waals surface area (Å²) in [5.74, 6) is 1.11. The minimum Gasteiger partial charge on any atom is -0.321 e. The number of hydrogen-bond acceptors (Lipinski definition) is 4. The zero-order chi connectivity index (χ0) is 26.9. The first-order valence-corrected chi connectivity index (χ1v) is 14.5. The third kappa shape index (κ3) is 5.34. The zero-order valence-electron chi connectivity index (χ0n) is 22.7. The van der Waals surface area contributed by atoms with Crippen LogP contribution < -0.4 is 5.32 Å². The smallest absolute Gasteiger partial charge is 0.255 e. The van der Waals surface area contributed by atoms with Gasteiger partial charge in [0.25, 0.3) is 5.91 Å². The lowest BCUT2D eigenvalue weighted by atomic mass is 9.92. The Balaban J connectivity index is 1.12. The van der Waals surface area contributed by atoms with E-state index in [9.17, 15) is 4.79 Å². The van der Waals surface area contributed by atoms with Crippen LogP contribution in [0.5, 0.6) is 0 Å². The average Bonchev–Trinajstić information content (AvgIpc) is 3.61. The second-order valence-corrected chi connectivity index (χ2v) is 11.5. The van der Waals surface area contributed by atoms with E-state index in [1.807, 2.05) is 42.7 Å². The summed E-state index contributed by atoms with van der Waals surface area (Å²) < 4.78 is 0. The topological polar surface area (TPSA) is 58.1 Å². The van der Waals surface area contributed by atoms with Crippen LogP contribution in [-0.2, 0) is 17.8 Å². The standard InChI is InChI=1S/C35H34N4O/c40-35(38-30-11-10-29(37-22-30)17-24-6-2-1-3-7-24)32-13-9-27-19-33(27)31-12-8-26(18-34(31)32)28-16-25(20-36-21-28)23-39-14-4-5-15-39/h1-3,6-8,10-13,16,18,20-22,27,33H,4-5,9,14-15,17,19,23H2,(H,38,40)/t27?,33-/m1/s1. The van der Waals surface area contributed by atoms with E-state index >= 15 is 0 Å². The first-order valence-electron chi connectivity index (χ1n) is 14.5. The van der Waals surface area contributed by atoms with E-state index in [1.54, 1.807) is 6.20 Å². The van der Waals surface area contributed by atoms with Crippen molar-refractivity contribution in [1.82, 2.24) is 14.9 Å². The molecule has 7 rings (SSSR count). The molecule has 200 valence electrons. The Morgan fingerprint density at radius 2 is 1.77 bits per heavy atom. The van der Waals surface area contributed by atoms with Gasteiger partial charge in [-0.2, -0.15) is 0 Å². The fraction of sp³-hybridized carbons (Fsp3) is 0.286. The molecule has 4 aromatic rings. The van der Waals surface area contributed by atoms with Crippen molar-refractivity contribution in [2.24, 2.45) is 5.92 Å². The summed E-state index contributed by atoms with van der Waals surface area (Å²) in [5.41, 5.74) is 9.49. The molecule has 5 nitrogen and oxygen atoms in total. The third-order valence-corrected chi connectivity index (χ3v) is 8.58. The second kappa shape index (κ2) is 10.8. The molecule has 2 aromatic carbocycles. The van der Waals surface area contributed by atoms with Crippen molar-refractivity contribution < 1.29 is 4.79 Å². The van der Waals surface area contributed by atoms with Crippen LogP contribution in [0.15, 0.2) is 91.4 Å². The highest BCUT2D eigenvalue weighted by Gasteiger charge is 2.41. The maximum absolute atomic E-state index is 13.7. The van der Waals surface area contributed by atoms with Gasteiger partial charge in [-0.1, -0.05) is 48.5 Å². The van der Waals surface area contributed by atoms with Crippen molar-refractivity contribution in [2.45, 2.75) is 44.6 Å². The molecule has 2 fully saturated rings. The van der Waals surface area contributed by atoms with Gasteiger partial charge in [0.05, 0.1) is 11.9 Å². The van der Waals surface area contributed by atoms with E-state index < -0.39 is 0 Å². The van der Waals surface area contributed by atoms with Crippen LogP contribution in [0.1, 0.15) is 59.5 Å². The molecule has 1 unspecified atom stereocenters. The molecular formula is C35H34N4O. The summed E-state index contributed by atoms with van der Waals surface area (Å²) in [6.45, 7) is 3.28. The summed E-state index contributed by atoms with van der Waals surface area (Å²) in [7, 11) is 0. The average molecular weight is 527 g/mol. The van der Waals surface area contributed by atoms with Crippen LogP contribution in [0.3, 0.4) is 0 Å². The highest BCUT2D eigenvalue weighted by atomic mass is 16.1. The molecule has 2 aromatic heterocycles. The summed E-state index contributed by atoms with van der Waals surface area (Å²) in [6, 6.07) is 23.2.